The average molecular weight is 380 g/mol. The average Bonchev–Trinajstić information content (AvgIpc) is 2.50. The van der Waals surface area contributed by atoms with Gasteiger partial charge in [-0.3, -0.25) is 4.79 Å². The minimum atomic E-state index is -4.55. The van der Waals surface area contributed by atoms with Crippen molar-refractivity contribution in [3.8, 4) is 5.88 Å². The molecule has 0 atom stereocenters. The van der Waals surface area contributed by atoms with Crippen LogP contribution in [-0.4, -0.2) is 23.7 Å². The molecule has 0 saturated carbocycles. The van der Waals surface area contributed by atoms with Crippen LogP contribution in [0.15, 0.2) is 30.5 Å². The van der Waals surface area contributed by atoms with Crippen molar-refractivity contribution in [1.82, 2.24) is 4.98 Å². The van der Waals surface area contributed by atoms with Crippen LogP contribution in [-0.2, 0) is 0 Å². The molecule has 2 aromatic rings. The van der Waals surface area contributed by atoms with Gasteiger partial charge in [0.05, 0.1) is 15.7 Å². The van der Waals surface area contributed by atoms with Crippen LogP contribution in [0, 0.1) is 0 Å². The lowest BCUT2D eigenvalue weighted by atomic mass is 10.2. The summed E-state index contributed by atoms with van der Waals surface area (Å²) in [6.07, 6.45) is -3.34. The van der Waals surface area contributed by atoms with E-state index in [1.165, 1.54) is 30.5 Å². The van der Waals surface area contributed by atoms with Crippen LogP contribution in [0.2, 0.25) is 10.0 Å². The Morgan fingerprint density at radius 1 is 1.29 bits per heavy atom. The number of amides is 1. The molecule has 1 aromatic carbocycles. The maximum absolute atomic E-state index is 12.3. The van der Waals surface area contributed by atoms with Gasteiger partial charge in [-0.2, -0.15) is 13.2 Å². The topological polar surface area (TPSA) is 77.2 Å². The molecule has 5 nitrogen and oxygen atoms in total. The summed E-state index contributed by atoms with van der Waals surface area (Å²) >= 11 is 11.7. The molecule has 10 heteroatoms. The molecule has 0 aliphatic heterocycles. The number of nitrogens with one attached hydrogen (secondary N) is 1. The predicted octanol–water partition coefficient (Wildman–Crippen LogP) is 4.16. The van der Waals surface area contributed by atoms with Gasteiger partial charge in [0.25, 0.3) is 5.91 Å². The number of rotatable bonds is 4. The van der Waals surface area contributed by atoms with Crippen LogP contribution in [0.1, 0.15) is 10.4 Å². The zero-order valence-electron chi connectivity index (χ0n) is 11.8. The van der Waals surface area contributed by atoms with Gasteiger partial charge in [-0.25, -0.2) is 4.98 Å². The fourth-order valence-corrected chi connectivity index (χ4v) is 2.17. The van der Waals surface area contributed by atoms with Gasteiger partial charge in [0, 0.05) is 11.9 Å². The summed E-state index contributed by atoms with van der Waals surface area (Å²) in [6, 6.07) is 5.37. The highest BCUT2D eigenvalue weighted by molar-refractivity contribution is 6.39. The van der Waals surface area contributed by atoms with Crippen LogP contribution in [0.3, 0.4) is 0 Å². The SMILES string of the molecule is Nc1c(Cl)cc(NC(=O)c2cccnc2OCC(F)(F)F)cc1Cl. The number of carbonyl (C=O) groups is 1. The lowest BCUT2D eigenvalue weighted by molar-refractivity contribution is -0.154. The minimum Gasteiger partial charge on any atom is -0.467 e. The molecule has 0 aliphatic carbocycles. The van der Waals surface area contributed by atoms with Gasteiger partial charge in [0.15, 0.2) is 6.61 Å². The maximum atomic E-state index is 12.3. The van der Waals surface area contributed by atoms with Gasteiger partial charge in [0.2, 0.25) is 5.88 Å². The highest BCUT2D eigenvalue weighted by Gasteiger charge is 2.29. The number of pyridine rings is 1. The second kappa shape index (κ2) is 7.14. The molecule has 1 heterocycles. The van der Waals surface area contributed by atoms with Crippen molar-refractivity contribution >= 4 is 40.5 Å². The number of carbonyl (C=O) groups excluding carboxylic acids is 1. The summed E-state index contributed by atoms with van der Waals surface area (Å²) in [5, 5.41) is 2.69. The number of alkyl halides is 3. The van der Waals surface area contributed by atoms with Crippen molar-refractivity contribution in [2.24, 2.45) is 0 Å². The van der Waals surface area contributed by atoms with Gasteiger partial charge in [-0.15, -0.1) is 0 Å². The molecule has 0 saturated heterocycles. The second-order valence-corrected chi connectivity index (χ2v) is 5.38. The Kier molecular flexibility index (Phi) is 5.40. The van der Waals surface area contributed by atoms with Crippen LogP contribution in [0.5, 0.6) is 5.88 Å². The molecule has 0 fully saturated rings. The fourth-order valence-electron chi connectivity index (χ4n) is 1.68. The van der Waals surface area contributed by atoms with E-state index >= 15 is 0 Å². The van der Waals surface area contributed by atoms with Crippen LogP contribution in [0.25, 0.3) is 0 Å². The first-order valence-electron chi connectivity index (χ1n) is 6.38. The van der Waals surface area contributed by atoms with E-state index in [1.807, 2.05) is 0 Å². The first-order chi connectivity index (χ1) is 11.2. The molecule has 0 spiro atoms. The van der Waals surface area contributed by atoms with Gasteiger partial charge in [0.1, 0.15) is 5.56 Å². The number of nitrogens with zero attached hydrogens (tertiary/aromatic N) is 1. The number of hydrogen-bond acceptors (Lipinski definition) is 4. The zero-order chi connectivity index (χ0) is 17.9. The summed E-state index contributed by atoms with van der Waals surface area (Å²) < 4.78 is 41.3. The van der Waals surface area contributed by atoms with Crippen LogP contribution >= 0.6 is 23.2 Å². The van der Waals surface area contributed by atoms with Crippen molar-refractivity contribution < 1.29 is 22.7 Å². The number of nitrogen functional groups attached to an aromatic ring is 1. The number of hydrogen-bond donors (Lipinski definition) is 2. The number of halogens is 5. The molecule has 0 bridgehead atoms. The minimum absolute atomic E-state index is 0.123. The van der Waals surface area contributed by atoms with Crippen molar-refractivity contribution in [3.63, 3.8) is 0 Å². The standard InChI is InChI=1S/C14H10Cl2F3N3O2/c15-9-4-7(5-10(16)11(9)20)22-12(23)8-2-1-3-21-13(8)24-6-14(17,18)19/h1-5H,6,20H2,(H,22,23). The molecule has 0 unspecified atom stereocenters. The molecule has 3 N–H and O–H groups in total. The molecule has 128 valence electrons. The van der Waals surface area contributed by atoms with E-state index in [2.05, 4.69) is 15.0 Å². The van der Waals surface area contributed by atoms with Gasteiger partial charge >= 0.3 is 6.18 Å². The highest BCUT2D eigenvalue weighted by atomic mass is 35.5. The van der Waals surface area contributed by atoms with Gasteiger partial charge in [-0.1, -0.05) is 23.2 Å². The van der Waals surface area contributed by atoms with E-state index in [0.29, 0.717) is 0 Å². The third-order valence-electron chi connectivity index (χ3n) is 2.73. The van der Waals surface area contributed by atoms with Crippen molar-refractivity contribution in [2.45, 2.75) is 6.18 Å². The molecular weight excluding hydrogens is 370 g/mol. The predicted molar refractivity (Wildman–Crippen MR) is 84.6 cm³/mol. The summed E-state index contributed by atoms with van der Waals surface area (Å²) in [5.41, 5.74) is 5.77. The van der Waals surface area contributed by atoms with Gasteiger partial charge in [-0.05, 0) is 24.3 Å². The third-order valence-corrected chi connectivity index (χ3v) is 3.35. The van der Waals surface area contributed by atoms with Crippen LogP contribution < -0.4 is 15.8 Å². The van der Waals surface area contributed by atoms with E-state index < -0.39 is 24.6 Å². The summed E-state index contributed by atoms with van der Waals surface area (Å²) in [7, 11) is 0. The molecule has 0 aliphatic rings. The van der Waals surface area contributed by atoms with E-state index in [9.17, 15) is 18.0 Å². The molecule has 1 amide bonds. The van der Waals surface area contributed by atoms with E-state index in [4.69, 9.17) is 28.9 Å². The lowest BCUT2D eigenvalue weighted by Crippen LogP contribution is -2.22. The van der Waals surface area contributed by atoms with Crippen molar-refractivity contribution in [1.29, 1.82) is 0 Å². The molecule has 0 radical (unpaired) electrons. The fraction of sp³-hybridized carbons (Fsp3) is 0.143. The number of aromatic nitrogens is 1. The number of benzene rings is 1. The van der Waals surface area contributed by atoms with E-state index in [1.54, 1.807) is 0 Å². The Balaban J connectivity index is 2.21. The molecule has 2 rings (SSSR count). The molecule has 1 aromatic heterocycles. The van der Waals surface area contributed by atoms with Crippen molar-refractivity contribution in [3.05, 3.63) is 46.1 Å². The highest BCUT2D eigenvalue weighted by Crippen LogP contribution is 2.31. The Hall–Kier alpha value is -2.19. The Labute approximate surface area is 144 Å². The van der Waals surface area contributed by atoms with Crippen LogP contribution in [0.4, 0.5) is 24.5 Å². The Morgan fingerprint density at radius 3 is 2.50 bits per heavy atom. The summed E-state index contributed by atoms with van der Waals surface area (Å²) in [4.78, 5) is 15.9. The van der Waals surface area contributed by atoms with Gasteiger partial charge < -0.3 is 15.8 Å². The normalized spacial score (nSPS) is 11.2. The number of anilines is 2. The first kappa shape index (κ1) is 18.2. The number of ether oxygens (including phenoxy) is 1. The van der Waals surface area contributed by atoms with E-state index in [-0.39, 0.29) is 27.0 Å². The third kappa shape index (κ3) is 4.65. The summed E-state index contributed by atoms with van der Waals surface area (Å²) in [5.74, 6) is -1.18. The summed E-state index contributed by atoms with van der Waals surface area (Å²) in [6.45, 7) is -1.57. The Morgan fingerprint density at radius 2 is 1.92 bits per heavy atom. The maximum Gasteiger partial charge on any atom is 0.422 e. The number of nitrogens with two attached hydrogens (primary N) is 1. The smallest absolute Gasteiger partial charge is 0.422 e. The largest absolute Gasteiger partial charge is 0.467 e. The monoisotopic (exact) mass is 379 g/mol. The molecule has 24 heavy (non-hydrogen) atoms. The first-order valence-corrected chi connectivity index (χ1v) is 7.13. The van der Waals surface area contributed by atoms with Crippen molar-refractivity contribution in [2.75, 3.05) is 17.7 Å². The van der Waals surface area contributed by atoms with E-state index in [0.717, 1.165) is 0 Å². The second-order valence-electron chi connectivity index (χ2n) is 4.57. The molecular formula is C14H10Cl2F3N3O2. The Bertz CT molecular complexity index is 746. The quantitative estimate of drug-likeness (QED) is 0.781. The zero-order valence-corrected chi connectivity index (χ0v) is 13.3. The lowest BCUT2D eigenvalue weighted by Gasteiger charge is -2.12.